The fourth-order valence-corrected chi connectivity index (χ4v) is 2.98. The van der Waals surface area contributed by atoms with Crippen LogP contribution in [0.3, 0.4) is 0 Å². The Morgan fingerprint density at radius 2 is 2.27 bits per heavy atom. The fraction of sp³-hybridized carbons (Fsp3) is 0.643. The number of nitrogens with two attached hydrogens (primary N) is 1. The van der Waals surface area contributed by atoms with Gasteiger partial charge in [0.25, 0.3) is 0 Å². The van der Waals surface area contributed by atoms with Crippen molar-refractivity contribution in [3.8, 4) is 0 Å². The molecule has 2 aliphatic rings. The number of carbonyl (C=O) groups is 1. The van der Waals surface area contributed by atoms with Gasteiger partial charge in [-0.05, 0) is 18.9 Å². The van der Waals surface area contributed by atoms with Crippen LogP contribution >= 0.6 is 0 Å². The van der Waals surface area contributed by atoms with Gasteiger partial charge >= 0.3 is 0 Å². The zero-order chi connectivity index (χ0) is 15.7. The molecule has 1 aliphatic heterocycles. The lowest BCUT2D eigenvalue weighted by atomic mass is 9.81. The molecule has 1 amide bonds. The number of amides is 1. The molecule has 1 saturated carbocycles. The SMILES string of the molecule is CO[C@@H]1CN(c2ccnc(N)n2)C[C@@H]1NC(=O)C1CC(O)C1. The Hall–Kier alpha value is -1.93. The first-order chi connectivity index (χ1) is 10.6. The molecule has 8 heteroatoms. The molecule has 2 fully saturated rings. The van der Waals surface area contributed by atoms with E-state index in [1.165, 1.54) is 0 Å². The summed E-state index contributed by atoms with van der Waals surface area (Å²) in [6.45, 7) is 1.24. The summed E-state index contributed by atoms with van der Waals surface area (Å²) in [5.41, 5.74) is 5.61. The summed E-state index contributed by atoms with van der Waals surface area (Å²) in [4.78, 5) is 22.2. The zero-order valence-corrected chi connectivity index (χ0v) is 12.5. The molecule has 120 valence electrons. The molecular weight excluding hydrogens is 286 g/mol. The Balaban J connectivity index is 1.63. The van der Waals surface area contributed by atoms with Crippen LogP contribution < -0.4 is 16.0 Å². The third-order valence-electron chi connectivity index (χ3n) is 4.36. The quantitative estimate of drug-likeness (QED) is 0.664. The van der Waals surface area contributed by atoms with Crippen LogP contribution in [0.1, 0.15) is 12.8 Å². The molecular formula is C14H21N5O3. The van der Waals surface area contributed by atoms with Crippen LogP contribution in [-0.2, 0) is 9.53 Å². The maximum atomic E-state index is 12.1. The van der Waals surface area contributed by atoms with E-state index in [2.05, 4.69) is 15.3 Å². The van der Waals surface area contributed by atoms with Crippen molar-refractivity contribution in [2.24, 2.45) is 5.92 Å². The van der Waals surface area contributed by atoms with Gasteiger partial charge in [0.15, 0.2) is 0 Å². The Kier molecular flexibility index (Phi) is 4.12. The lowest BCUT2D eigenvalue weighted by Gasteiger charge is -2.31. The van der Waals surface area contributed by atoms with Crippen LogP contribution in [0.5, 0.6) is 0 Å². The summed E-state index contributed by atoms with van der Waals surface area (Å²) in [7, 11) is 1.63. The molecule has 0 unspecified atom stereocenters. The number of anilines is 2. The number of methoxy groups -OCH3 is 1. The van der Waals surface area contributed by atoms with Gasteiger partial charge in [-0.25, -0.2) is 4.98 Å². The summed E-state index contributed by atoms with van der Waals surface area (Å²) in [5.74, 6) is 0.852. The minimum Gasteiger partial charge on any atom is -0.393 e. The molecule has 0 spiro atoms. The predicted molar refractivity (Wildman–Crippen MR) is 80.1 cm³/mol. The molecule has 0 bridgehead atoms. The molecule has 1 saturated heterocycles. The highest BCUT2D eigenvalue weighted by Crippen LogP contribution is 2.28. The second-order valence-corrected chi connectivity index (χ2v) is 5.89. The number of ether oxygens (including phenoxy) is 1. The zero-order valence-electron chi connectivity index (χ0n) is 12.5. The maximum Gasteiger partial charge on any atom is 0.223 e. The van der Waals surface area contributed by atoms with Crippen LogP contribution in [0.25, 0.3) is 0 Å². The summed E-state index contributed by atoms with van der Waals surface area (Å²) in [6, 6.07) is 1.68. The fourth-order valence-electron chi connectivity index (χ4n) is 2.98. The average molecular weight is 307 g/mol. The van der Waals surface area contributed by atoms with E-state index >= 15 is 0 Å². The second kappa shape index (κ2) is 6.05. The highest BCUT2D eigenvalue weighted by molar-refractivity contribution is 5.80. The second-order valence-electron chi connectivity index (χ2n) is 5.89. The first kappa shape index (κ1) is 15.0. The average Bonchev–Trinajstić information content (AvgIpc) is 2.87. The number of carbonyl (C=O) groups excluding carboxylic acids is 1. The molecule has 3 rings (SSSR count). The normalized spacial score (nSPS) is 30.9. The number of aromatic nitrogens is 2. The van der Waals surface area contributed by atoms with Gasteiger partial charge in [-0.2, -0.15) is 4.98 Å². The third kappa shape index (κ3) is 2.97. The predicted octanol–water partition coefficient (Wildman–Crippen LogP) is -0.850. The van der Waals surface area contributed by atoms with Crippen molar-refractivity contribution in [1.82, 2.24) is 15.3 Å². The standard InChI is InChI=1S/C14H21N5O3/c1-22-11-7-19(12-2-3-16-14(15)18-12)6-10(11)17-13(21)8-4-9(20)5-8/h2-3,8-11,20H,4-7H2,1H3,(H,17,21)(H2,15,16,18)/t8?,9?,10-,11+/m0/s1. The molecule has 2 atom stereocenters. The highest BCUT2D eigenvalue weighted by Gasteiger charge is 2.38. The highest BCUT2D eigenvalue weighted by atomic mass is 16.5. The van der Waals surface area contributed by atoms with Crippen LogP contribution in [0.15, 0.2) is 12.3 Å². The lowest BCUT2D eigenvalue weighted by Crippen LogP contribution is -2.49. The first-order valence-corrected chi connectivity index (χ1v) is 7.41. The number of hydrogen-bond acceptors (Lipinski definition) is 7. The monoisotopic (exact) mass is 307 g/mol. The van der Waals surface area contributed by atoms with Gasteiger partial charge in [0, 0.05) is 32.3 Å². The third-order valence-corrected chi connectivity index (χ3v) is 4.36. The van der Waals surface area contributed by atoms with E-state index in [9.17, 15) is 9.90 Å². The van der Waals surface area contributed by atoms with Crippen LogP contribution in [0.4, 0.5) is 11.8 Å². The van der Waals surface area contributed by atoms with E-state index in [1.54, 1.807) is 19.4 Å². The van der Waals surface area contributed by atoms with Crippen molar-refractivity contribution in [3.05, 3.63) is 12.3 Å². The number of aliphatic hydroxyl groups excluding tert-OH is 1. The Labute approximate surface area is 128 Å². The molecule has 1 aromatic heterocycles. The summed E-state index contributed by atoms with van der Waals surface area (Å²) >= 11 is 0. The van der Waals surface area contributed by atoms with Gasteiger partial charge < -0.3 is 25.8 Å². The maximum absolute atomic E-state index is 12.1. The van der Waals surface area contributed by atoms with Crippen LogP contribution in [0, 0.1) is 5.92 Å². The minimum absolute atomic E-state index is 0.0126. The smallest absolute Gasteiger partial charge is 0.223 e. The molecule has 0 radical (unpaired) electrons. The van der Waals surface area contributed by atoms with Crippen molar-refractivity contribution < 1.29 is 14.6 Å². The molecule has 22 heavy (non-hydrogen) atoms. The molecule has 1 aromatic rings. The number of rotatable bonds is 4. The number of hydrogen-bond donors (Lipinski definition) is 3. The van der Waals surface area contributed by atoms with Crippen molar-refractivity contribution in [3.63, 3.8) is 0 Å². The molecule has 2 heterocycles. The topological polar surface area (TPSA) is 114 Å². The van der Waals surface area contributed by atoms with E-state index in [-0.39, 0.29) is 36.0 Å². The molecule has 0 aromatic carbocycles. The van der Waals surface area contributed by atoms with Crippen molar-refractivity contribution >= 4 is 17.7 Å². The van der Waals surface area contributed by atoms with E-state index in [0.29, 0.717) is 25.9 Å². The van der Waals surface area contributed by atoms with Crippen molar-refractivity contribution in [2.75, 3.05) is 30.8 Å². The van der Waals surface area contributed by atoms with E-state index in [1.807, 2.05) is 4.90 Å². The van der Waals surface area contributed by atoms with Gasteiger partial charge in [-0.15, -0.1) is 0 Å². The largest absolute Gasteiger partial charge is 0.393 e. The summed E-state index contributed by atoms with van der Waals surface area (Å²) < 4.78 is 5.48. The number of nitrogens with one attached hydrogen (secondary N) is 1. The van der Waals surface area contributed by atoms with Crippen LogP contribution in [-0.4, -0.2) is 59.4 Å². The molecule has 8 nitrogen and oxygen atoms in total. The van der Waals surface area contributed by atoms with Gasteiger partial charge in [0.05, 0.1) is 18.2 Å². The lowest BCUT2D eigenvalue weighted by molar-refractivity contribution is -0.132. The Morgan fingerprint density at radius 3 is 2.91 bits per heavy atom. The van der Waals surface area contributed by atoms with Crippen LogP contribution in [0.2, 0.25) is 0 Å². The Bertz CT molecular complexity index is 549. The van der Waals surface area contributed by atoms with Gasteiger partial charge in [-0.1, -0.05) is 0 Å². The van der Waals surface area contributed by atoms with Gasteiger partial charge in [-0.3, -0.25) is 4.79 Å². The number of nitrogen functional groups attached to an aromatic ring is 1. The van der Waals surface area contributed by atoms with E-state index in [4.69, 9.17) is 10.5 Å². The number of aliphatic hydroxyl groups is 1. The Morgan fingerprint density at radius 1 is 1.50 bits per heavy atom. The summed E-state index contributed by atoms with van der Waals surface area (Å²) in [6.07, 6.45) is 2.26. The van der Waals surface area contributed by atoms with Crippen molar-refractivity contribution in [1.29, 1.82) is 0 Å². The number of nitrogens with zero attached hydrogens (tertiary/aromatic N) is 3. The molecule has 4 N–H and O–H groups in total. The first-order valence-electron chi connectivity index (χ1n) is 7.41. The van der Waals surface area contributed by atoms with E-state index in [0.717, 1.165) is 5.82 Å². The van der Waals surface area contributed by atoms with Gasteiger partial charge in [0.1, 0.15) is 5.82 Å². The van der Waals surface area contributed by atoms with Crippen molar-refractivity contribution in [2.45, 2.75) is 31.1 Å². The minimum atomic E-state index is -0.335. The van der Waals surface area contributed by atoms with Gasteiger partial charge in [0.2, 0.25) is 11.9 Å². The molecule has 1 aliphatic carbocycles. The van der Waals surface area contributed by atoms with E-state index < -0.39 is 0 Å². The summed E-state index contributed by atoms with van der Waals surface area (Å²) in [5, 5.41) is 12.3.